The van der Waals surface area contributed by atoms with E-state index in [-0.39, 0.29) is 0 Å². The molecule has 0 spiro atoms. The second-order valence-corrected chi connectivity index (χ2v) is 2.91. The van der Waals surface area contributed by atoms with E-state index in [4.69, 9.17) is 5.26 Å². The van der Waals surface area contributed by atoms with E-state index in [9.17, 15) is 0 Å². The van der Waals surface area contributed by atoms with Crippen LogP contribution in [0.25, 0.3) is 11.0 Å². The normalized spacial score (nSPS) is 10.2. The molecule has 0 aliphatic rings. The number of pyridine rings is 1. The molecule has 0 saturated carbocycles. The number of nitrogens with zero attached hydrogens (tertiary/aromatic N) is 4. The summed E-state index contributed by atoms with van der Waals surface area (Å²) in [4.78, 5) is 4.17. The number of fused-ring (bicyclic) bond motifs is 1. The number of nitriles is 1. The van der Waals surface area contributed by atoms with Crippen molar-refractivity contribution < 1.29 is 0 Å². The molecule has 13 heavy (non-hydrogen) atoms. The molecular formula is C9H8N4. The SMILES string of the molecule is Cc1nn(C)c2cc(C#N)cnc12. The molecule has 4 heteroatoms. The van der Waals surface area contributed by atoms with Gasteiger partial charge in [0.25, 0.3) is 0 Å². The molecule has 2 aromatic heterocycles. The van der Waals surface area contributed by atoms with Crippen LogP contribution in [0.5, 0.6) is 0 Å². The predicted octanol–water partition coefficient (Wildman–Crippen LogP) is 1.15. The minimum atomic E-state index is 0.565. The van der Waals surface area contributed by atoms with Crippen molar-refractivity contribution in [1.29, 1.82) is 5.26 Å². The van der Waals surface area contributed by atoms with E-state index < -0.39 is 0 Å². The quantitative estimate of drug-likeness (QED) is 0.599. The van der Waals surface area contributed by atoms with Gasteiger partial charge in [-0.15, -0.1) is 0 Å². The van der Waals surface area contributed by atoms with Crippen molar-refractivity contribution in [2.45, 2.75) is 6.92 Å². The van der Waals surface area contributed by atoms with Gasteiger partial charge >= 0.3 is 0 Å². The molecular weight excluding hydrogens is 164 g/mol. The van der Waals surface area contributed by atoms with Gasteiger partial charge in [-0.1, -0.05) is 0 Å². The fraction of sp³-hybridized carbons (Fsp3) is 0.222. The number of hydrogen-bond donors (Lipinski definition) is 0. The van der Waals surface area contributed by atoms with E-state index in [0.29, 0.717) is 5.56 Å². The summed E-state index contributed by atoms with van der Waals surface area (Å²) >= 11 is 0. The molecule has 0 radical (unpaired) electrons. The van der Waals surface area contributed by atoms with Crippen LogP contribution in [0.1, 0.15) is 11.3 Å². The van der Waals surface area contributed by atoms with Crippen LogP contribution in [0.3, 0.4) is 0 Å². The maximum absolute atomic E-state index is 8.68. The van der Waals surface area contributed by atoms with Crippen LogP contribution in [-0.2, 0) is 7.05 Å². The van der Waals surface area contributed by atoms with Gasteiger partial charge < -0.3 is 0 Å². The first-order chi connectivity index (χ1) is 6.22. The van der Waals surface area contributed by atoms with Gasteiger partial charge in [0.1, 0.15) is 11.6 Å². The Morgan fingerprint density at radius 2 is 2.31 bits per heavy atom. The van der Waals surface area contributed by atoms with Gasteiger partial charge in [0.05, 0.1) is 16.8 Å². The Morgan fingerprint density at radius 1 is 1.54 bits per heavy atom. The van der Waals surface area contributed by atoms with Gasteiger partial charge in [0, 0.05) is 13.2 Å². The smallest absolute Gasteiger partial charge is 0.111 e. The summed E-state index contributed by atoms with van der Waals surface area (Å²) in [6, 6.07) is 3.85. The molecule has 0 aliphatic heterocycles. The van der Waals surface area contributed by atoms with Gasteiger partial charge in [0.15, 0.2) is 0 Å². The van der Waals surface area contributed by atoms with Crippen LogP contribution in [0, 0.1) is 18.3 Å². The Kier molecular flexibility index (Phi) is 1.52. The van der Waals surface area contributed by atoms with Crippen molar-refractivity contribution in [3.8, 4) is 6.07 Å². The highest BCUT2D eigenvalue weighted by molar-refractivity contribution is 5.78. The van der Waals surface area contributed by atoms with E-state index in [2.05, 4.69) is 16.2 Å². The molecule has 0 fully saturated rings. The fourth-order valence-corrected chi connectivity index (χ4v) is 1.37. The molecule has 0 atom stereocenters. The van der Waals surface area contributed by atoms with Gasteiger partial charge in [-0.05, 0) is 13.0 Å². The van der Waals surface area contributed by atoms with Crippen LogP contribution < -0.4 is 0 Å². The second kappa shape index (κ2) is 2.56. The summed E-state index contributed by atoms with van der Waals surface area (Å²) in [6.07, 6.45) is 1.57. The average molecular weight is 172 g/mol. The predicted molar refractivity (Wildman–Crippen MR) is 48.0 cm³/mol. The topological polar surface area (TPSA) is 54.5 Å². The minimum Gasteiger partial charge on any atom is -0.266 e. The highest BCUT2D eigenvalue weighted by Gasteiger charge is 2.05. The zero-order valence-electron chi connectivity index (χ0n) is 7.44. The number of aromatic nitrogens is 3. The Hall–Kier alpha value is -1.89. The number of aryl methyl sites for hydroxylation is 2. The molecule has 0 N–H and O–H groups in total. The first-order valence-corrected chi connectivity index (χ1v) is 3.92. The third kappa shape index (κ3) is 1.05. The molecule has 2 rings (SSSR count). The van der Waals surface area contributed by atoms with E-state index in [1.165, 1.54) is 0 Å². The molecule has 2 aromatic rings. The Labute approximate surface area is 75.4 Å². The summed E-state index contributed by atoms with van der Waals surface area (Å²) in [6.45, 7) is 1.90. The van der Waals surface area contributed by atoms with Crippen molar-refractivity contribution in [3.05, 3.63) is 23.5 Å². The zero-order valence-corrected chi connectivity index (χ0v) is 7.44. The summed E-state index contributed by atoms with van der Waals surface area (Å²) in [5.74, 6) is 0. The molecule has 64 valence electrons. The van der Waals surface area contributed by atoms with E-state index in [0.717, 1.165) is 16.7 Å². The van der Waals surface area contributed by atoms with Gasteiger partial charge in [-0.25, -0.2) is 0 Å². The monoisotopic (exact) mass is 172 g/mol. The molecule has 0 amide bonds. The second-order valence-electron chi connectivity index (χ2n) is 2.91. The van der Waals surface area contributed by atoms with Crippen molar-refractivity contribution in [2.75, 3.05) is 0 Å². The molecule has 0 saturated heterocycles. The van der Waals surface area contributed by atoms with E-state index in [1.807, 2.05) is 14.0 Å². The highest BCUT2D eigenvalue weighted by Crippen LogP contribution is 2.15. The largest absolute Gasteiger partial charge is 0.266 e. The van der Waals surface area contributed by atoms with Gasteiger partial charge in [0.2, 0.25) is 0 Å². The summed E-state index contributed by atoms with van der Waals surface area (Å²) in [5, 5.41) is 12.9. The lowest BCUT2D eigenvalue weighted by Crippen LogP contribution is -1.90. The molecule has 2 heterocycles. The first kappa shape index (κ1) is 7.74. The minimum absolute atomic E-state index is 0.565. The lowest BCUT2D eigenvalue weighted by atomic mass is 10.2. The Balaban J connectivity index is 2.86. The van der Waals surface area contributed by atoms with Crippen LogP contribution in [0.2, 0.25) is 0 Å². The molecule has 0 aliphatic carbocycles. The van der Waals surface area contributed by atoms with Crippen molar-refractivity contribution >= 4 is 11.0 Å². The van der Waals surface area contributed by atoms with Crippen LogP contribution >= 0.6 is 0 Å². The third-order valence-corrected chi connectivity index (χ3v) is 1.99. The first-order valence-electron chi connectivity index (χ1n) is 3.92. The van der Waals surface area contributed by atoms with Crippen molar-refractivity contribution in [3.63, 3.8) is 0 Å². The number of hydrogen-bond acceptors (Lipinski definition) is 3. The lowest BCUT2D eigenvalue weighted by Gasteiger charge is -1.92. The Bertz CT molecular complexity index is 504. The standard InChI is InChI=1S/C9H8N4/c1-6-9-8(13(2)12-6)3-7(4-10)5-11-9/h3,5H,1-2H3. The van der Waals surface area contributed by atoms with Crippen molar-refractivity contribution in [1.82, 2.24) is 14.8 Å². The average Bonchev–Trinajstić information content (AvgIpc) is 2.42. The van der Waals surface area contributed by atoms with Gasteiger partial charge in [-0.2, -0.15) is 10.4 Å². The maximum atomic E-state index is 8.68. The van der Waals surface area contributed by atoms with Crippen LogP contribution in [0.15, 0.2) is 12.3 Å². The molecule has 0 bridgehead atoms. The van der Waals surface area contributed by atoms with E-state index >= 15 is 0 Å². The third-order valence-electron chi connectivity index (χ3n) is 1.99. The molecule has 4 nitrogen and oxygen atoms in total. The summed E-state index contributed by atoms with van der Waals surface area (Å²) in [5.41, 5.74) is 3.22. The van der Waals surface area contributed by atoms with E-state index in [1.54, 1.807) is 16.9 Å². The number of rotatable bonds is 0. The highest BCUT2D eigenvalue weighted by atomic mass is 15.3. The summed E-state index contributed by atoms with van der Waals surface area (Å²) < 4.78 is 1.73. The Morgan fingerprint density at radius 3 is 3.00 bits per heavy atom. The zero-order chi connectivity index (χ0) is 9.42. The maximum Gasteiger partial charge on any atom is 0.111 e. The molecule has 0 aromatic carbocycles. The fourth-order valence-electron chi connectivity index (χ4n) is 1.37. The molecule has 0 unspecified atom stereocenters. The van der Waals surface area contributed by atoms with Crippen LogP contribution in [0.4, 0.5) is 0 Å². The van der Waals surface area contributed by atoms with Crippen LogP contribution in [-0.4, -0.2) is 14.8 Å². The lowest BCUT2D eigenvalue weighted by molar-refractivity contribution is 0.783. The van der Waals surface area contributed by atoms with Gasteiger partial charge in [-0.3, -0.25) is 9.67 Å². The van der Waals surface area contributed by atoms with Crippen molar-refractivity contribution in [2.24, 2.45) is 7.05 Å². The summed E-state index contributed by atoms with van der Waals surface area (Å²) in [7, 11) is 1.85.